The summed E-state index contributed by atoms with van der Waals surface area (Å²) in [5.74, 6) is 0.730. The van der Waals surface area contributed by atoms with Gasteiger partial charge in [0.15, 0.2) is 5.11 Å². The second kappa shape index (κ2) is 5.46. The molecule has 0 saturated heterocycles. The van der Waals surface area contributed by atoms with E-state index in [2.05, 4.69) is 20.9 Å². The first kappa shape index (κ1) is 12.3. The Bertz CT molecular complexity index is 540. The minimum atomic E-state index is 0.429. The van der Waals surface area contributed by atoms with Crippen molar-refractivity contribution in [3.8, 4) is 5.75 Å². The van der Waals surface area contributed by atoms with Crippen LogP contribution < -0.4 is 15.5 Å². The molecule has 2 aromatic rings. The third-order valence-electron chi connectivity index (χ3n) is 2.25. The quantitative estimate of drug-likeness (QED) is 0.819. The van der Waals surface area contributed by atoms with Gasteiger partial charge in [-0.1, -0.05) is 6.07 Å². The molecule has 0 bridgehead atoms. The second-order valence-electron chi connectivity index (χ2n) is 3.64. The topological polar surface area (TPSA) is 64.0 Å². The molecule has 0 fully saturated rings. The van der Waals surface area contributed by atoms with Gasteiger partial charge in [-0.3, -0.25) is 5.43 Å². The van der Waals surface area contributed by atoms with Crippen LogP contribution in [0.1, 0.15) is 5.56 Å². The Morgan fingerprint density at radius 2 is 2.06 bits per heavy atom. The summed E-state index contributed by atoms with van der Waals surface area (Å²) in [5, 5.41) is 10.8. The second-order valence-corrected chi connectivity index (χ2v) is 4.05. The first-order valence-electron chi connectivity index (χ1n) is 5.26. The van der Waals surface area contributed by atoms with Gasteiger partial charge in [-0.25, -0.2) is 4.68 Å². The van der Waals surface area contributed by atoms with Crippen LogP contribution >= 0.6 is 12.2 Å². The number of hydrogen-bond donors (Lipinski definition) is 2. The number of methoxy groups -OCH3 is 1. The maximum atomic E-state index is 5.26. The lowest BCUT2D eigenvalue weighted by molar-refractivity contribution is 0.417. The van der Waals surface area contributed by atoms with E-state index in [4.69, 9.17) is 17.0 Å². The van der Waals surface area contributed by atoms with Gasteiger partial charge in [0.2, 0.25) is 0 Å². The summed E-state index contributed by atoms with van der Waals surface area (Å²) in [4.78, 5) is 0. The number of hydrogen-bond acceptors (Lipinski definition) is 4. The van der Waals surface area contributed by atoms with Crippen molar-refractivity contribution in [3.05, 3.63) is 36.4 Å². The lowest BCUT2D eigenvalue weighted by Crippen LogP contribution is -2.26. The first-order valence-corrected chi connectivity index (χ1v) is 5.67. The standard InChI is InChI=1S/C11H13N5OS/c1-8-3-4-10(17-2)9(5-8)14-11(18)15-16-6-12-13-7-16/h3-7H,1-2H3,(H2,14,15,18). The molecule has 0 aliphatic rings. The Hall–Kier alpha value is -2.15. The van der Waals surface area contributed by atoms with Gasteiger partial charge in [0.1, 0.15) is 18.4 Å². The van der Waals surface area contributed by atoms with Gasteiger partial charge >= 0.3 is 0 Å². The number of aromatic nitrogens is 3. The van der Waals surface area contributed by atoms with E-state index in [1.165, 1.54) is 12.7 Å². The molecule has 18 heavy (non-hydrogen) atoms. The molecule has 0 aliphatic carbocycles. The molecule has 0 aliphatic heterocycles. The molecular weight excluding hydrogens is 250 g/mol. The highest BCUT2D eigenvalue weighted by Crippen LogP contribution is 2.24. The van der Waals surface area contributed by atoms with Crippen LogP contribution in [0.3, 0.4) is 0 Å². The van der Waals surface area contributed by atoms with Gasteiger partial charge in [0.05, 0.1) is 12.8 Å². The summed E-state index contributed by atoms with van der Waals surface area (Å²) < 4.78 is 6.81. The zero-order valence-electron chi connectivity index (χ0n) is 10.0. The molecule has 94 valence electrons. The van der Waals surface area contributed by atoms with Crippen LogP contribution in [0.2, 0.25) is 0 Å². The van der Waals surface area contributed by atoms with Crippen LogP contribution in [0.5, 0.6) is 5.75 Å². The molecule has 0 spiro atoms. The molecule has 0 atom stereocenters. The van der Waals surface area contributed by atoms with Crippen molar-refractivity contribution < 1.29 is 4.74 Å². The summed E-state index contributed by atoms with van der Waals surface area (Å²) in [5.41, 5.74) is 4.82. The van der Waals surface area contributed by atoms with E-state index >= 15 is 0 Å². The average Bonchev–Trinajstić information content (AvgIpc) is 2.82. The van der Waals surface area contributed by atoms with Crippen molar-refractivity contribution in [2.24, 2.45) is 0 Å². The third-order valence-corrected chi connectivity index (χ3v) is 2.45. The summed E-state index contributed by atoms with van der Waals surface area (Å²) in [6, 6.07) is 5.82. The summed E-state index contributed by atoms with van der Waals surface area (Å²) >= 11 is 5.18. The van der Waals surface area contributed by atoms with Crippen molar-refractivity contribution >= 4 is 23.0 Å². The molecule has 1 aromatic heterocycles. The number of nitrogens with one attached hydrogen (secondary N) is 2. The average molecular weight is 263 g/mol. The highest BCUT2D eigenvalue weighted by Gasteiger charge is 2.05. The smallest absolute Gasteiger partial charge is 0.190 e. The number of benzene rings is 1. The Morgan fingerprint density at radius 1 is 1.33 bits per heavy atom. The molecule has 2 rings (SSSR count). The predicted molar refractivity (Wildman–Crippen MR) is 73.3 cm³/mol. The van der Waals surface area contributed by atoms with Crippen LogP contribution in [0, 0.1) is 6.92 Å². The van der Waals surface area contributed by atoms with Gasteiger partial charge in [0.25, 0.3) is 0 Å². The van der Waals surface area contributed by atoms with E-state index in [0.717, 1.165) is 17.0 Å². The van der Waals surface area contributed by atoms with E-state index in [1.54, 1.807) is 11.8 Å². The summed E-state index contributed by atoms with van der Waals surface area (Å²) in [7, 11) is 1.62. The minimum absolute atomic E-state index is 0.429. The highest BCUT2D eigenvalue weighted by molar-refractivity contribution is 7.80. The fraction of sp³-hybridized carbons (Fsp3) is 0.182. The third kappa shape index (κ3) is 2.95. The first-order chi connectivity index (χ1) is 8.69. The van der Waals surface area contributed by atoms with Crippen LogP contribution in [0.4, 0.5) is 5.69 Å². The molecule has 6 nitrogen and oxygen atoms in total. The normalized spacial score (nSPS) is 9.89. The summed E-state index contributed by atoms with van der Waals surface area (Å²) in [6.07, 6.45) is 3.03. The molecule has 1 aromatic carbocycles. The number of anilines is 1. The van der Waals surface area contributed by atoms with Crippen LogP contribution in [0.25, 0.3) is 0 Å². The fourth-order valence-electron chi connectivity index (χ4n) is 1.45. The molecule has 0 saturated carbocycles. The van der Waals surface area contributed by atoms with Crippen molar-refractivity contribution in [1.82, 2.24) is 14.9 Å². The van der Waals surface area contributed by atoms with Gasteiger partial charge in [-0.2, -0.15) is 0 Å². The maximum Gasteiger partial charge on any atom is 0.190 e. The molecule has 0 radical (unpaired) electrons. The van der Waals surface area contributed by atoms with Crippen LogP contribution in [0.15, 0.2) is 30.9 Å². The largest absolute Gasteiger partial charge is 0.495 e. The van der Waals surface area contributed by atoms with Crippen LogP contribution in [-0.2, 0) is 0 Å². The van der Waals surface area contributed by atoms with E-state index in [0.29, 0.717) is 5.11 Å². The van der Waals surface area contributed by atoms with Gasteiger partial charge in [-0.05, 0) is 36.8 Å². The predicted octanol–water partition coefficient (Wildman–Crippen LogP) is 1.54. The van der Waals surface area contributed by atoms with Crippen molar-refractivity contribution in [2.75, 3.05) is 17.9 Å². The Balaban J connectivity index is 2.08. The van der Waals surface area contributed by atoms with E-state index < -0.39 is 0 Å². The van der Waals surface area contributed by atoms with E-state index in [-0.39, 0.29) is 0 Å². The SMILES string of the molecule is COc1ccc(C)cc1NC(=S)Nn1cnnc1. The van der Waals surface area contributed by atoms with Gasteiger partial charge in [-0.15, -0.1) is 10.2 Å². The molecule has 0 unspecified atom stereocenters. The molecule has 0 amide bonds. The van der Waals surface area contributed by atoms with E-state index in [9.17, 15) is 0 Å². The minimum Gasteiger partial charge on any atom is -0.495 e. The monoisotopic (exact) mass is 263 g/mol. The van der Waals surface area contributed by atoms with Crippen molar-refractivity contribution in [3.63, 3.8) is 0 Å². The van der Waals surface area contributed by atoms with Crippen molar-refractivity contribution in [1.29, 1.82) is 0 Å². The molecule has 7 heteroatoms. The fourth-order valence-corrected chi connectivity index (χ4v) is 1.66. The number of rotatable bonds is 3. The lowest BCUT2D eigenvalue weighted by atomic mass is 10.2. The number of thiocarbonyl (C=S) groups is 1. The molecule has 1 heterocycles. The highest BCUT2D eigenvalue weighted by atomic mass is 32.1. The van der Waals surface area contributed by atoms with Crippen molar-refractivity contribution in [2.45, 2.75) is 6.92 Å². The number of ether oxygens (including phenoxy) is 1. The summed E-state index contributed by atoms with van der Waals surface area (Å²) in [6.45, 7) is 2.00. The number of nitrogens with zero attached hydrogens (tertiary/aromatic N) is 3. The van der Waals surface area contributed by atoms with Crippen LogP contribution in [-0.4, -0.2) is 27.1 Å². The van der Waals surface area contributed by atoms with Gasteiger partial charge < -0.3 is 10.1 Å². The zero-order chi connectivity index (χ0) is 13.0. The Kier molecular flexibility index (Phi) is 3.73. The number of aryl methyl sites for hydroxylation is 1. The maximum absolute atomic E-state index is 5.26. The molecule has 2 N–H and O–H groups in total. The lowest BCUT2D eigenvalue weighted by Gasteiger charge is -2.13. The Labute approximate surface area is 110 Å². The molecular formula is C11H13N5OS. The zero-order valence-corrected chi connectivity index (χ0v) is 10.9. The van der Waals surface area contributed by atoms with E-state index in [1.807, 2.05) is 25.1 Å². The van der Waals surface area contributed by atoms with Gasteiger partial charge in [0, 0.05) is 0 Å². The Morgan fingerprint density at radius 3 is 2.72 bits per heavy atom.